The van der Waals surface area contributed by atoms with Crippen molar-refractivity contribution in [3.05, 3.63) is 23.8 Å². The second-order valence-corrected chi connectivity index (χ2v) is 3.58. The number of fused-ring (bicyclic) bond motifs is 1. The van der Waals surface area contributed by atoms with E-state index in [1.54, 1.807) is 23.3 Å². The summed E-state index contributed by atoms with van der Waals surface area (Å²) in [5.74, 6) is -0.491. The molecule has 8 heteroatoms. The molecule has 0 fully saturated rings. The second-order valence-electron chi connectivity index (χ2n) is 3.16. The van der Waals surface area contributed by atoms with Gasteiger partial charge in [-0.3, -0.25) is 5.01 Å². The molecule has 2 aliphatic heterocycles. The first kappa shape index (κ1) is 10.9. The lowest BCUT2D eigenvalue weighted by Gasteiger charge is -2.27. The fourth-order valence-corrected chi connectivity index (χ4v) is 1.61. The average Bonchev–Trinajstić information content (AvgIpc) is 2.61. The van der Waals surface area contributed by atoms with Crippen molar-refractivity contribution in [2.24, 2.45) is 0 Å². The van der Waals surface area contributed by atoms with Crippen LogP contribution in [0.15, 0.2) is 23.8 Å². The van der Waals surface area contributed by atoms with Gasteiger partial charge in [-0.1, -0.05) is 12.2 Å². The van der Waals surface area contributed by atoms with Gasteiger partial charge in [0.1, 0.15) is 23.2 Å². The van der Waals surface area contributed by atoms with E-state index >= 15 is 0 Å². The van der Waals surface area contributed by atoms with Crippen LogP contribution in [0.25, 0.3) is 0 Å². The second kappa shape index (κ2) is 4.08. The molecule has 0 unspecified atom stereocenters. The number of hydrogen-bond acceptors (Lipinski definition) is 6. The van der Waals surface area contributed by atoms with Crippen molar-refractivity contribution in [2.75, 3.05) is 13.8 Å². The topological polar surface area (TPSA) is 77.1 Å². The predicted molar refractivity (Wildman–Crippen MR) is 58.2 cm³/mol. The van der Waals surface area contributed by atoms with Crippen LogP contribution in [0.4, 0.5) is 0 Å². The molecule has 0 bridgehead atoms. The third-order valence-electron chi connectivity index (χ3n) is 2.00. The van der Waals surface area contributed by atoms with E-state index in [-0.39, 0.29) is 5.70 Å². The van der Waals surface area contributed by atoms with Crippen LogP contribution in [0.2, 0.25) is 0 Å². The molecule has 0 atom stereocenters. The fourth-order valence-electron chi connectivity index (χ4n) is 1.36. The number of ether oxygens (including phenoxy) is 1. The van der Waals surface area contributed by atoms with E-state index in [2.05, 4.69) is 10.9 Å². The average molecular weight is 242 g/mol. The maximum Gasteiger partial charge on any atom is 0.352 e. The van der Waals surface area contributed by atoms with Crippen molar-refractivity contribution in [3.63, 3.8) is 0 Å². The van der Waals surface area contributed by atoms with Crippen LogP contribution in [0.3, 0.4) is 0 Å². The smallest absolute Gasteiger partial charge is 0.352 e. The number of methoxy groups -OCH3 is 1. The number of hydrogen-bond donors (Lipinski definition) is 3. The summed E-state index contributed by atoms with van der Waals surface area (Å²) in [5, 5.41) is 14.8. The molecule has 2 aliphatic rings. The largest absolute Gasteiger partial charge is 0.477 e. The van der Waals surface area contributed by atoms with Crippen molar-refractivity contribution < 1.29 is 14.6 Å². The van der Waals surface area contributed by atoms with Gasteiger partial charge in [0.25, 0.3) is 0 Å². The van der Waals surface area contributed by atoms with E-state index in [0.29, 0.717) is 17.5 Å². The summed E-state index contributed by atoms with van der Waals surface area (Å²) in [6.45, 7) is 0.326. The molecule has 0 aromatic carbocycles. The van der Waals surface area contributed by atoms with Gasteiger partial charge in [0.05, 0.1) is 6.20 Å². The lowest BCUT2D eigenvalue weighted by Crippen LogP contribution is -2.48. The number of nitrogens with one attached hydrogen (secondary N) is 2. The minimum absolute atomic E-state index is 0.0496. The molecule has 0 aliphatic carbocycles. The molecule has 16 heavy (non-hydrogen) atoms. The van der Waals surface area contributed by atoms with E-state index in [1.807, 2.05) is 0 Å². The van der Waals surface area contributed by atoms with Crippen LogP contribution in [0.1, 0.15) is 0 Å². The van der Waals surface area contributed by atoms with Crippen molar-refractivity contribution in [1.29, 1.82) is 0 Å². The third-order valence-corrected chi connectivity index (χ3v) is 2.30. The van der Waals surface area contributed by atoms with Crippen molar-refractivity contribution in [1.82, 2.24) is 20.9 Å². The Hall–Kier alpha value is -1.64. The minimum Gasteiger partial charge on any atom is -0.477 e. The van der Waals surface area contributed by atoms with Crippen molar-refractivity contribution in [3.8, 4) is 0 Å². The highest BCUT2D eigenvalue weighted by Crippen LogP contribution is 2.16. The highest BCUT2D eigenvalue weighted by molar-refractivity contribution is 7.80. The van der Waals surface area contributed by atoms with Crippen LogP contribution < -0.4 is 10.9 Å². The lowest BCUT2D eigenvalue weighted by atomic mass is 10.3. The molecule has 2 heterocycles. The van der Waals surface area contributed by atoms with E-state index in [4.69, 9.17) is 22.1 Å². The number of nitrogens with zero attached hydrogens (tertiary/aromatic N) is 2. The first-order valence-electron chi connectivity index (χ1n) is 4.41. The predicted octanol–water partition coefficient (Wildman–Crippen LogP) is -0.674. The van der Waals surface area contributed by atoms with Gasteiger partial charge < -0.3 is 15.2 Å². The summed E-state index contributed by atoms with van der Waals surface area (Å²) in [7, 11) is 1.56. The summed E-state index contributed by atoms with van der Waals surface area (Å²) in [6.07, 6.45) is 3.05. The normalized spacial score (nSPS) is 18.9. The zero-order chi connectivity index (χ0) is 11.7. The van der Waals surface area contributed by atoms with Gasteiger partial charge >= 0.3 is 5.97 Å². The first-order valence-corrected chi connectivity index (χ1v) is 4.82. The van der Waals surface area contributed by atoms with E-state index in [1.165, 1.54) is 6.08 Å². The maximum absolute atomic E-state index is 10.8. The monoisotopic (exact) mass is 242 g/mol. The van der Waals surface area contributed by atoms with Gasteiger partial charge in [0.2, 0.25) is 0 Å². The third kappa shape index (κ3) is 1.85. The number of carboxylic acids is 1. The van der Waals surface area contributed by atoms with Crippen molar-refractivity contribution >= 4 is 23.2 Å². The Kier molecular flexibility index (Phi) is 2.77. The molecule has 86 valence electrons. The molecule has 0 aromatic heterocycles. The highest BCUT2D eigenvalue weighted by atomic mass is 32.1. The summed E-state index contributed by atoms with van der Waals surface area (Å²) in [5.41, 5.74) is 2.96. The van der Waals surface area contributed by atoms with E-state index in [9.17, 15) is 4.79 Å². The Morgan fingerprint density at radius 2 is 2.44 bits per heavy atom. The van der Waals surface area contributed by atoms with Crippen LogP contribution in [-0.2, 0) is 9.53 Å². The van der Waals surface area contributed by atoms with Gasteiger partial charge in [-0.25, -0.2) is 9.80 Å². The van der Waals surface area contributed by atoms with Gasteiger partial charge in [0, 0.05) is 13.2 Å². The molecular formula is C8H10N4O3S. The highest BCUT2D eigenvalue weighted by Gasteiger charge is 2.29. The van der Waals surface area contributed by atoms with Crippen LogP contribution in [0, 0.1) is 0 Å². The summed E-state index contributed by atoms with van der Waals surface area (Å²) in [6, 6.07) is 0. The Labute approximate surface area is 96.9 Å². The fraction of sp³-hybridized carbons (Fsp3) is 0.250. The number of rotatable bonds is 3. The molecule has 0 saturated carbocycles. The summed E-state index contributed by atoms with van der Waals surface area (Å²) >= 11 is 5.05. The van der Waals surface area contributed by atoms with Gasteiger partial charge in [0.15, 0.2) is 0 Å². The number of hydrazine groups is 2. The Morgan fingerprint density at radius 3 is 3.06 bits per heavy atom. The van der Waals surface area contributed by atoms with Crippen LogP contribution >= 0.6 is 12.2 Å². The standard InChI is InChI=1S/C8H10N4O3S/c1-15-4-11-3-6-9-5(8(13)14)2-7(16)12(6)10-11/h2-3,9-10H,4H2,1H3,(H,13,14). The molecular weight excluding hydrogens is 232 g/mol. The van der Waals surface area contributed by atoms with Gasteiger partial charge in [-0.05, 0) is 0 Å². The number of carboxylic acid groups (broad SMARTS) is 1. The SMILES string of the molecule is COCN1C=C2NC(C(=O)O)=CC(=S)N2N1. The molecule has 0 radical (unpaired) electrons. The maximum atomic E-state index is 10.8. The molecule has 0 spiro atoms. The molecule has 3 N–H and O–H groups in total. The molecule has 0 aromatic rings. The Morgan fingerprint density at radius 1 is 1.69 bits per heavy atom. The minimum atomic E-state index is -1.05. The van der Waals surface area contributed by atoms with E-state index < -0.39 is 5.97 Å². The number of carbonyl (C=O) groups is 1. The Balaban J connectivity index is 2.18. The summed E-state index contributed by atoms with van der Waals surface area (Å²) in [4.78, 5) is 11.2. The van der Waals surface area contributed by atoms with Crippen molar-refractivity contribution in [2.45, 2.75) is 0 Å². The Bertz CT molecular complexity index is 406. The van der Waals surface area contributed by atoms with Gasteiger partial charge in [-0.2, -0.15) is 0 Å². The summed E-state index contributed by atoms with van der Waals surface area (Å²) < 4.78 is 4.93. The molecule has 2 rings (SSSR count). The van der Waals surface area contributed by atoms with Crippen LogP contribution in [0.5, 0.6) is 0 Å². The van der Waals surface area contributed by atoms with Gasteiger partial charge in [-0.15, -0.1) is 5.53 Å². The number of thiocarbonyl (C=S) groups is 1. The lowest BCUT2D eigenvalue weighted by molar-refractivity contribution is -0.133. The molecule has 0 saturated heterocycles. The zero-order valence-electron chi connectivity index (χ0n) is 8.43. The molecule has 0 amide bonds. The zero-order valence-corrected chi connectivity index (χ0v) is 9.24. The number of aliphatic carboxylic acids is 1. The quantitative estimate of drug-likeness (QED) is 0.562. The first-order chi connectivity index (χ1) is 7.61. The van der Waals surface area contributed by atoms with E-state index in [0.717, 1.165) is 0 Å². The van der Waals surface area contributed by atoms with Crippen LogP contribution in [-0.4, -0.2) is 39.9 Å². The molecule has 7 nitrogen and oxygen atoms in total.